The van der Waals surface area contributed by atoms with Crippen LogP contribution in [0.3, 0.4) is 0 Å². The molecule has 2 aromatic rings. The highest BCUT2D eigenvalue weighted by atomic mass is 79.9. The first-order valence-corrected chi connectivity index (χ1v) is 6.28. The van der Waals surface area contributed by atoms with Gasteiger partial charge in [-0.1, -0.05) is 28.1 Å². The van der Waals surface area contributed by atoms with Gasteiger partial charge in [-0.25, -0.2) is 4.39 Å². The number of nitrogens with two attached hydrogens (primary N) is 1. The predicted octanol–water partition coefficient (Wildman–Crippen LogP) is 4.06. The lowest BCUT2D eigenvalue weighted by molar-refractivity contribution is 0.307. The zero-order valence-electron chi connectivity index (χ0n) is 9.91. The van der Waals surface area contributed by atoms with Crippen LogP contribution in [0.15, 0.2) is 40.9 Å². The SMILES string of the molecule is Cc1ccc(OCc2ccc(F)cc2Br)c(N)c1. The number of rotatable bonds is 3. The maximum absolute atomic E-state index is 12.9. The summed E-state index contributed by atoms with van der Waals surface area (Å²) in [5.41, 5.74) is 8.41. The molecule has 2 aromatic carbocycles. The highest BCUT2D eigenvalue weighted by molar-refractivity contribution is 9.10. The molecule has 2 nitrogen and oxygen atoms in total. The van der Waals surface area contributed by atoms with Crippen LogP contribution in [0.25, 0.3) is 0 Å². The molecule has 0 heterocycles. The minimum Gasteiger partial charge on any atom is -0.487 e. The third-order valence-electron chi connectivity index (χ3n) is 2.56. The fraction of sp³-hybridized carbons (Fsp3) is 0.143. The topological polar surface area (TPSA) is 35.2 Å². The average Bonchev–Trinajstić information content (AvgIpc) is 2.30. The van der Waals surface area contributed by atoms with Crippen LogP contribution in [0, 0.1) is 12.7 Å². The molecular formula is C14H13BrFNO. The van der Waals surface area contributed by atoms with Crippen molar-refractivity contribution in [1.29, 1.82) is 0 Å². The minimum atomic E-state index is -0.277. The van der Waals surface area contributed by atoms with Crippen molar-refractivity contribution in [3.63, 3.8) is 0 Å². The number of hydrogen-bond donors (Lipinski definition) is 1. The summed E-state index contributed by atoms with van der Waals surface area (Å²) >= 11 is 3.30. The quantitative estimate of drug-likeness (QED) is 0.868. The second-order valence-electron chi connectivity index (χ2n) is 4.07. The Morgan fingerprint density at radius 2 is 2.00 bits per heavy atom. The number of halogens is 2. The fourth-order valence-corrected chi connectivity index (χ4v) is 2.06. The van der Waals surface area contributed by atoms with Crippen molar-refractivity contribution in [2.24, 2.45) is 0 Å². The van der Waals surface area contributed by atoms with E-state index in [-0.39, 0.29) is 5.82 Å². The number of nitrogen functional groups attached to an aromatic ring is 1. The van der Waals surface area contributed by atoms with Gasteiger partial charge in [-0.05, 0) is 36.8 Å². The first-order valence-electron chi connectivity index (χ1n) is 5.49. The lowest BCUT2D eigenvalue weighted by atomic mass is 10.2. The molecule has 0 atom stereocenters. The molecule has 0 fully saturated rings. The van der Waals surface area contributed by atoms with Gasteiger partial charge >= 0.3 is 0 Å². The molecule has 2 rings (SSSR count). The van der Waals surface area contributed by atoms with Gasteiger partial charge in [-0.15, -0.1) is 0 Å². The molecule has 0 saturated carbocycles. The molecule has 2 N–H and O–H groups in total. The van der Waals surface area contributed by atoms with Gasteiger partial charge in [0.25, 0.3) is 0 Å². The van der Waals surface area contributed by atoms with E-state index in [1.165, 1.54) is 12.1 Å². The van der Waals surface area contributed by atoms with Crippen molar-refractivity contribution >= 4 is 21.6 Å². The van der Waals surface area contributed by atoms with E-state index in [0.29, 0.717) is 22.5 Å². The van der Waals surface area contributed by atoms with E-state index in [9.17, 15) is 4.39 Å². The second kappa shape index (κ2) is 5.40. The molecule has 94 valence electrons. The summed E-state index contributed by atoms with van der Waals surface area (Å²) in [5.74, 6) is 0.359. The molecule has 0 aromatic heterocycles. The Morgan fingerprint density at radius 3 is 2.67 bits per heavy atom. The largest absolute Gasteiger partial charge is 0.487 e. The summed E-state index contributed by atoms with van der Waals surface area (Å²) in [7, 11) is 0. The first kappa shape index (κ1) is 12.9. The van der Waals surface area contributed by atoms with Crippen LogP contribution in [0.4, 0.5) is 10.1 Å². The van der Waals surface area contributed by atoms with Crippen molar-refractivity contribution in [2.75, 3.05) is 5.73 Å². The molecule has 0 spiro atoms. The molecule has 0 unspecified atom stereocenters. The number of aryl methyl sites for hydroxylation is 1. The van der Waals surface area contributed by atoms with Gasteiger partial charge in [0.05, 0.1) is 5.69 Å². The van der Waals surface area contributed by atoms with Crippen LogP contribution >= 0.6 is 15.9 Å². The van der Waals surface area contributed by atoms with E-state index in [4.69, 9.17) is 10.5 Å². The van der Waals surface area contributed by atoms with Crippen LogP contribution in [0.2, 0.25) is 0 Å². The maximum Gasteiger partial charge on any atom is 0.142 e. The molecule has 0 aliphatic carbocycles. The van der Waals surface area contributed by atoms with Gasteiger partial charge in [0, 0.05) is 10.0 Å². The molecule has 18 heavy (non-hydrogen) atoms. The highest BCUT2D eigenvalue weighted by Gasteiger charge is 2.05. The van der Waals surface area contributed by atoms with E-state index < -0.39 is 0 Å². The molecule has 0 aliphatic rings. The number of benzene rings is 2. The van der Waals surface area contributed by atoms with Crippen molar-refractivity contribution in [3.05, 3.63) is 57.8 Å². The van der Waals surface area contributed by atoms with Crippen molar-refractivity contribution in [2.45, 2.75) is 13.5 Å². The molecule has 4 heteroatoms. The molecule has 0 saturated heterocycles. The summed E-state index contributed by atoms with van der Waals surface area (Å²) in [4.78, 5) is 0. The van der Waals surface area contributed by atoms with Gasteiger partial charge in [0.15, 0.2) is 0 Å². The number of anilines is 1. The smallest absolute Gasteiger partial charge is 0.142 e. The Morgan fingerprint density at radius 1 is 1.22 bits per heavy atom. The van der Waals surface area contributed by atoms with E-state index >= 15 is 0 Å². The Bertz CT molecular complexity index is 520. The zero-order valence-corrected chi connectivity index (χ0v) is 11.5. The Kier molecular flexibility index (Phi) is 3.87. The fourth-order valence-electron chi connectivity index (χ4n) is 1.59. The Labute approximate surface area is 114 Å². The minimum absolute atomic E-state index is 0.277. The monoisotopic (exact) mass is 309 g/mol. The highest BCUT2D eigenvalue weighted by Crippen LogP contribution is 2.25. The third-order valence-corrected chi connectivity index (χ3v) is 3.30. The van der Waals surface area contributed by atoms with Gasteiger partial charge in [-0.2, -0.15) is 0 Å². The summed E-state index contributed by atoms with van der Waals surface area (Å²) < 4.78 is 19.2. The van der Waals surface area contributed by atoms with Gasteiger partial charge < -0.3 is 10.5 Å². The summed E-state index contributed by atoms with van der Waals surface area (Å²) in [5, 5.41) is 0. The molecule has 0 radical (unpaired) electrons. The van der Waals surface area contributed by atoms with Crippen molar-refractivity contribution < 1.29 is 9.13 Å². The predicted molar refractivity (Wildman–Crippen MR) is 74.0 cm³/mol. The number of hydrogen-bond acceptors (Lipinski definition) is 2. The van der Waals surface area contributed by atoms with Crippen LogP contribution in [-0.4, -0.2) is 0 Å². The molecule has 0 amide bonds. The summed E-state index contributed by atoms with van der Waals surface area (Å²) in [6.07, 6.45) is 0. The van der Waals surface area contributed by atoms with Crippen LogP contribution < -0.4 is 10.5 Å². The van der Waals surface area contributed by atoms with Crippen LogP contribution in [-0.2, 0) is 6.61 Å². The normalized spacial score (nSPS) is 10.4. The Hall–Kier alpha value is -1.55. The van der Waals surface area contributed by atoms with Crippen LogP contribution in [0.1, 0.15) is 11.1 Å². The van der Waals surface area contributed by atoms with Gasteiger partial charge in [-0.3, -0.25) is 0 Å². The molecule has 0 aliphatic heterocycles. The molecular weight excluding hydrogens is 297 g/mol. The van der Waals surface area contributed by atoms with E-state index in [0.717, 1.165) is 11.1 Å². The van der Waals surface area contributed by atoms with E-state index in [2.05, 4.69) is 15.9 Å². The van der Waals surface area contributed by atoms with E-state index in [1.807, 2.05) is 25.1 Å². The average molecular weight is 310 g/mol. The Balaban J connectivity index is 2.11. The third kappa shape index (κ3) is 3.01. The van der Waals surface area contributed by atoms with Gasteiger partial charge in [0.2, 0.25) is 0 Å². The molecule has 0 bridgehead atoms. The summed E-state index contributed by atoms with van der Waals surface area (Å²) in [6.45, 7) is 2.31. The summed E-state index contributed by atoms with van der Waals surface area (Å²) in [6, 6.07) is 10.1. The van der Waals surface area contributed by atoms with Gasteiger partial charge in [0.1, 0.15) is 18.2 Å². The maximum atomic E-state index is 12.9. The lowest BCUT2D eigenvalue weighted by Gasteiger charge is -2.10. The van der Waals surface area contributed by atoms with Crippen molar-refractivity contribution in [1.82, 2.24) is 0 Å². The van der Waals surface area contributed by atoms with E-state index in [1.54, 1.807) is 6.07 Å². The van der Waals surface area contributed by atoms with Crippen molar-refractivity contribution in [3.8, 4) is 5.75 Å². The standard InChI is InChI=1S/C14H13BrFNO/c1-9-2-5-14(13(17)6-9)18-8-10-3-4-11(16)7-12(10)15/h2-7H,8,17H2,1H3. The zero-order chi connectivity index (χ0) is 13.1. The lowest BCUT2D eigenvalue weighted by Crippen LogP contribution is -2.00. The van der Waals surface area contributed by atoms with Crippen LogP contribution in [0.5, 0.6) is 5.75 Å². The first-order chi connectivity index (χ1) is 8.56. The second-order valence-corrected chi connectivity index (χ2v) is 4.92. The number of ether oxygens (including phenoxy) is 1.